The average molecular weight is 396 g/mol. The third-order valence-electron chi connectivity index (χ3n) is 4.19. The van der Waals surface area contributed by atoms with Crippen molar-refractivity contribution in [1.82, 2.24) is 15.0 Å². The normalized spacial score (nSPS) is 11.0. The van der Waals surface area contributed by atoms with Gasteiger partial charge in [0, 0.05) is 17.9 Å². The minimum absolute atomic E-state index is 0.539. The molecule has 2 aromatic carbocycles. The van der Waals surface area contributed by atoms with Gasteiger partial charge in [-0.3, -0.25) is 0 Å². The highest BCUT2D eigenvalue weighted by Crippen LogP contribution is 2.28. The lowest BCUT2D eigenvalue weighted by molar-refractivity contribution is 0.573. The van der Waals surface area contributed by atoms with Gasteiger partial charge in [0.1, 0.15) is 6.26 Å². The van der Waals surface area contributed by atoms with Crippen molar-refractivity contribution < 1.29 is 4.42 Å². The smallest absolute Gasteiger partial charge is 0.227 e. The van der Waals surface area contributed by atoms with Gasteiger partial charge >= 0.3 is 0 Å². The summed E-state index contributed by atoms with van der Waals surface area (Å²) in [5.41, 5.74) is 5.08. The van der Waals surface area contributed by atoms with Crippen molar-refractivity contribution in [3.05, 3.63) is 88.5 Å². The summed E-state index contributed by atoms with van der Waals surface area (Å²) >= 11 is 7.82. The van der Waals surface area contributed by atoms with Gasteiger partial charge in [0.05, 0.1) is 22.0 Å². The average Bonchev–Trinajstić information content (AvgIpc) is 3.28. The number of hydrogen-bond acceptors (Lipinski definition) is 4. The second-order valence-corrected chi connectivity index (χ2v) is 7.56. The zero-order valence-corrected chi connectivity index (χ0v) is 16.3. The largest absolute Gasteiger partial charge is 0.444 e. The number of H-pyrrole nitrogens is 1. The standard InChI is InChI=1S/C21H18ClN3OS/c1-14-19(11-15-7-3-2-4-8-15)25-21(23-14)27-13-16-12-26-20(24-16)17-9-5-6-10-18(17)22/h2-10,12H,11,13H2,1H3,(H,23,25). The predicted molar refractivity (Wildman–Crippen MR) is 109 cm³/mol. The van der Waals surface area contributed by atoms with Crippen molar-refractivity contribution in [2.45, 2.75) is 24.3 Å². The van der Waals surface area contributed by atoms with E-state index < -0.39 is 0 Å². The first-order valence-electron chi connectivity index (χ1n) is 8.60. The molecule has 0 radical (unpaired) electrons. The van der Waals surface area contributed by atoms with E-state index >= 15 is 0 Å². The molecule has 0 bridgehead atoms. The van der Waals surface area contributed by atoms with Crippen LogP contribution in [0, 0.1) is 6.92 Å². The molecule has 0 unspecified atom stereocenters. The van der Waals surface area contributed by atoms with Gasteiger partial charge in [0.15, 0.2) is 5.16 Å². The molecule has 1 N–H and O–H groups in total. The van der Waals surface area contributed by atoms with Crippen LogP contribution in [-0.4, -0.2) is 15.0 Å². The van der Waals surface area contributed by atoms with Crippen LogP contribution in [0.2, 0.25) is 5.02 Å². The first kappa shape index (κ1) is 17.9. The molecule has 0 saturated carbocycles. The molecule has 6 heteroatoms. The number of oxazole rings is 1. The second-order valence-electron chi connectivity index (χ2n) is 6.19. The van der Waals surface area contributed by atoms with Crippen molar-refractivity contribution in [2.75, 3.05) is 0 Å². The van der Waals surface area contributed by atoms with Crippen LogP contribution in [0.4, 0.5) is 0 Å². The third kappa shape index (κ3) is 4.26. The van der Waals surface area contributed by atoms with Gasteiger partial charge in [-0.25, -0.2) is 9.97 Å². The fraction of sp³-hybridized carbons (Fsp3) is 0.143. The molecule has 2 heterocycles. The maximum Gasteiger partial charge on any atom is 0.227 e. The Morgan fingerprint density at radius 2 is 1.81 bits per heavy atom. The van der Waals surface area contributed by atoms with E-state index in [0.29, 0.717) is 16.7 Å². The summed E-state index contributed by atoms with van der Waals surface area (Å²) in [7, 11) is 0. The first-order valence-corrected chi connectivity index (χ1v) is 9.97. The first-order chi connectivity index (χ1) is 13.2. The number of aromatic nitrogens is 3. The highest BCUT2D eigenvalue weighted by atomic mass is 35.5. The Morgan fingerprint density at radius 1 is 1.04 bits per heavy atom. The van der Waals surface area contributed by atoms with Crippen molar-refractivity contribution in [2.24, 2.45) is 0 Å². The minimum Gasteiger partial charge on any atom is -0.444 e. The molecule has 0 fully saturated rings. The number of imidazole rings is 1. The summed E-state index contributed by atoms with van der Waals surface area (Å²) in [5.74, 6) is 1.21. The van der Waals surface area contributed by atoms with Crippen molar-refractivity contribution in [1.29, 1.82) is 0 Å². The van der Waals surface area contributed by atoms with Gasteiger partial charge in [0.25, 0.3) is 0 Å². The number of halogens is 1. The Balaban J connectivity index is 1.42. The summed E-state index contributed by atoms with van der Waals surface area (Å²) in [6.45, 7) is 2.06. The number of nitrogens with one attached hydrogen (secondary N) is 1. The van der Waals surface area contributed by atoms with Gasteiger partial charge in [0.2, 0.25) is 5.89 Å². The number of hydrogen-bond donors (Lipinski definition) is 1. The van der Waals surface area contributed by atoms with E-state index in [1.165, 1.54) is 5.56 Å². The molecular formula is C21H18ClN3OS. The Bertz CT molecular complexity index is 1040. The second kappa shape index (κ2) is 8.03. The highest BCUT2D eigenvalue weighted by molar-refractivity contribution is 7.98. The lowest BCUT2D eigenvalue weighted by atomic mass is 10.1. The number of benzene rings is 2. The van der Waals surface area contributed by atoms with Crippen molar-refractivity contribution in [3.8, 4) is 11.5 Å². The molecule has 27 heavy (non-hydrogen) atoms. The van der Waals surface area contributed by atoms with Crippen LogP contribution < -0.4 is 0 Å². The molecule has 0 aliphatic rings. The molecule has 0 aliphatic heterocycles. The van der Waals surface area contributed by atoms with E-state index in [2.05, 4.69) is 29.0 Å². The summed E-state index contributed by atoms with van der Waals surface area (Å²) in [4.78, 5) is 12.6. The molecule has 0 atom stereocenters. The summed E-state index contributed by atoms with van der Waals surface area (Å²) in [6.07, 6.45) is 2.50. The molecule has 0 aliphatic carbocycles. The number of thioether (sulfide) groups is 1. The molecule has 136 valence electrons. The molecule has 0 spiro atoms. The van der Waals surface area contributed by atoms with Gasteiger partial charge < -0.3 is 9.40 Å². The number of aryl methyl sites for hydroxylation is 1. The number of aromatic amines is 1. The van der Waals surface area contributed by atoms with E-state index in [1.807, 2.05) is 42.5 Å². The summed E-state index contributed by atoms with van der Waals surface area (Å²) in [5, 5.41) is 1.52. The van der Waals surface area contributed by atoms with Crippen molar-refractivity contribution in [3.63, 3.8) is 0 Å². The maximum absolute atomic E-state index is 6.21. The minimum atomic E-state index is 0.539. The van der Waals surface area contributed by atoms with Crippen LogP contribution in [-0.2, 0) is 12.2 Å². The van der Waals surface area contributed by atoms with Gasteiger partial charge in [-0.15, -0.1) is 0 Å². The van der Waals surface area contributed by atoms with Crippen LogP contribution in [0.25, 0.3) is 11.5 Å². The molecule has 4 nitrogen and oxygen atoms in total. The lowest BCUT2D eigenvalue weighted by Crippen LogP contribution is -1.90. The van der Waals surface area contributed by atoms with E-state index in [4.69, 9.17) is 21.0 Å². The monoisotopic (exact) mass is 395 g/mol. The highest BCUT2D eigenvalue weighted by Gasteiger charge is 2.12. The zero-order chi connectivity index (χ0) is 18.6. The Labute approximate surface area is 167 Å². The maximum atomic E-state index is 6.21. The Hall–Kier alpha value is -2.50. The SMILES string of the molecule is Cc1[nH]c(SCc2coc(-c3ccccc3Cl)n2)nc1Cc1ccccc1. The Kier molecular flexibility index (Phi) is 5.32. The van der Waals surface area contributed by atoms with Crippen molar-refractivity contribution >= 4 is 23.4 Å². The van der Waals surface area contributed by atoms with E-state index in [9.17, 15) is 0 Å². The molecule has 4 rings (SSSR count). The zero-order valence-electron chi connectivity index (χ0n) is 14.8. The van der Waals surface area contributed by atoms with Crippen LogP contribution in [0.15, 0.2) is 70.4 Å². The molecule has 4 aromatic rings. The van der Waals surface area contributed by atoms with Crippen LogP contribution >= 0.6 is 23.4 Å². The Morgan fingerprint density at radius 3 is 2.63 bits per heavy atom. The topological polar surface area (TPSA) is 54.7 Å². The quantitative estimate of drug-likeness (QED) is 0.412. The fourth-order valence-corrected chi connectivity index (χ4v) is 3.80. The van der Waals surface area contributed by atoms with E-state index in [-0.39, 0.29) is 0 Å². The molecule has 0 amide bonds. The third-order valence-corrected chi connectivity index (χ3v) is 5.43. The molecule has 0 saturated heterocycles. The van der Waals surface area contributed by atoms with Gasteiger partial charge in [-0.2, -0.15) is 0 Å². The van der Waals surface area contributed by atoms with Crippen LogP contribution in [0.5, 0.6) is 0 Å². The van der Waals surface area contributed by atoms with E-state index in [1.54, 1.807) is 18.0 Å². The summed E-state index contributed by atoms with van der Waals surface area (Å²) in [6, 6.07) is 17.9. The number of rotatable bonds is 6. The van der Waals surface area contributed by atoms with E-state index in [0.717, 1.165) is 34.2 Å². The van der Waals surface area contributed by atoms with Gasteiger partial charge in [-0.05, 0) is 24.6 Å². The fourth-order valence-electron chi connectivity index (χ4n) is 2.77. The molecule has 2 aromatic heterocycles. The summed E-state index contributed by atoms with van der Waals surface area (Å²) < 4.78 is 5.59. The van der Waals surface area contributed by atoms with Crippen LogP contribution in [0.3, 0.4) is 0 Å². The van der Waals surface area contributed by atoms with Crippen LogP contribution in [0.1, 0.15) is 22.6 Å². The molecular weight excluding hydrogens is 378 g/mol. The lowest BCUT2D eigenvalue weighted by Gasteiger charge is -1.98. The van der Waals surface area contributed by atoms with Gasteiger partial charge in [-0.1, -0.05) is 65.8 Å². The number of nitrogens with zero attached hydrogens (tertiary/aromatic N) is 2. The predicted octanol–water partition coefficient (Wildman–Crippen LogP) is 5.91.